The van der Waals surface area contributed by atoms with Gasteiger partial charge in [0.15, 0.2) is 0 Å². The van der Waals surface area contributed by atoms with Crippen molar-refractivity contribution in [1.29, 1.82) is 0 Å². The highest BCUT2D eigenvalue weighted by Crippen LogP contribution is 2.28. The van der Waals surface area contributed by atoms with Crippen LogP contribution in [0.25, 0.3) is 0 Å². The van der Waals surface area contributed by atoms with Crippen LogP contribution in [0, 0.1) is 5.82 Å². The summed E-state index contributed by atoms with van der Waals surface area (Å²) in [6.07, 6.45) is 1.60. The molecule has 6 heteroatoms. The van der Waals surface area contributed by atoms with Gasteiger partial charge in [0.05, 0.1) is 17.9 Å². The summed E-state index contributed by atoms with van der Waals surface area (Å²) in [6, 6.07) is 2.53. The number of carbonyl (C=O) groups excluding carboxylic acids is 1. The second-order valence-electron chi connectivity index (χ2n) is 4.64. The van der Waals surface area contributed by atoms with E-state index < -0.39 is 11.7 Å². The van der Waals surface area contributed by atoms with E-state index in [4.69, 9.17) is 11.5 Å². The molecule has 0 radical (unpaired) electrons. The maximum atomic E-state index is 14.1. The van der Waals surface area contributed by atoms with Crippen LogP contribution >= 0.6 is 0 Å². The smallest absolute Gasteiger partial charge is 0.250 e. The van der Waals surface area contributed by atoms with Gasteiger partial charge in [-0.1, -0.05) is 13.8 Å². The number of aliphatic hydroxyl groups is 1. The predicted octanol–water partition coefficient (Wildman–Crippen LogP) is 1.49. The van der Waals surface area contributed by atoms with Gasteiger partial charge >= 0.3 is 0 Å². The molecule has 0 saturated heterocycles. The van der Waals surface area contributed by atoms with Crippen LogP contribution in [0.1, 0.15) is 37.0 Å². The summed E-state index contributed by atoms with van der Waals surface area (Å²) in [7, 11) is 0. The van der Waals surface area contributed by atoms with Crippen molar-refractivity contribution in [2.45, 2.75) is 32.7 Å². The van der Waals surface area contributed by atoms with Gasteiger partial charge in [-0.25, -0.2) is 4.39 Å². The number of halogens is 1. The Hall–Kier alpha value is -1.82. The highest BCUT2D eigenvalue weighted by molar-refractivity contribution is 5.99. The Morgan fingerprint density at radius 2 is 2.00 bits per heavy atom. The third-order valence-electron chi connectivity index (χ3n) is 3.42. The molecule has 0 unspecified atom stereocenters. The van der Waals surface area contributed by atoms with E-state index in [1.54, 1.807) is 4.90 Å². The predicted molar refractivity (Wildman–Crippen MR) is 78.1 cm³/mol. The number of benzene rings is 1. The SMILES string of the molecule is CCC(CC)N(CCO)c1cc(C(N)=O)c(N)cc1F. The fourth-order valence-electron chi connectivity index (χ4n) is 2.35. The Morgan fingerprint density at radius 1 is 1.40 bits per heavy atom. The summed E-state index contributed by atoms with van der Waals surface area (Å²) in [5.74, 6) is -1.22. The zero-order valence-electron chi connectivity index (χ0n) is 11.9. The molecule has 5 N–H and O–H groups in total. The number of amides is 1. The van der Waals surface area contributed by atoms with Crippen LogP contribution in [0.5, 0.6) is 0 Å². The summed E-state index contributed by atoms with van der Waals surface area (Å²) < 4.78 is 14.1. The standard InChI is InChI=1S/C14H22FN3O2/c1-3-9(4-2)18(5-6-19)13-7-10(14(17)20)12(16)8-11(13)15/h7-9,19H,3-6,16H2,1-2H3,(H2,17,20). The Balaban J connectivity index is 3.31. The minimum Gasteiger partial charge on any atom is -0.398 e. The number of rotatable bonds is 7. The van der Waals surface area contributed by atoms with Crippen molar-refractivity contribution in [2.75, 3.05) is 23.8 Å². The van der Waals surface area contributed by atoms with Crippen molar-refractivity contribution in [1.82, 2.24) is 0 Å². The first-order chi connectivity index (χ1) is 9.46. The minimum absolute atomic E-state index is 0.0206. The number of nitrogen functional groups attached to an aromatic ring is 1. The van der Waals surface area contributed by atoms with Crippen LogP contribution in [0.3, 0.4) is 0 Å². The van der Waals surface area contributed by atoms with Gasteiger partial charge in [0.1, 0.15) is 5.82 Å². The number of hydrogen-bond acceptors (Lipinski definition) is 4. The number of aliphatic hydroxyl groups excluding tert-OH is 1. The molecule has 0 aromatic heterocycles. The van der Waals surface area contributed by atoms with Crippen molar-refractivity contribution in [3.05, 3.63) is 23.5 Å². The molecule has 0 aliphatic carbocycles. The molecule has 1 aromatic carbocycles. The van der Waals surface area contributed by atoms with Gasteiger partial charge in [-0.15, -0.1) is 0 Å². The van der Waals surface area contributed by atoms with E-state index in [9.17, 15) is 14.3 Å². The van der Waals surface area contributed by atoms with E-state index in [-0.39, 0.29) is 36.1 Å². The van der Waals surface area contributed by atoms with E-state index in [1.165, 1.54) is 6.07 Å². The minimum atomic E-state index is -0.697. The lowest BCUT2D eigenvalue weighted by Crippen LogP contribution is -2.37. The van der Waals surface area contributed by atoms with E-state index in [0.29, 0.717) is 0 Å². The van der Waals surface area contributed by atoms with E-state index in [1.807, 2.05) is 13.8 Å². The van der Waals surface area contributed by atoms with Crippen molar-refractivity contribution >= 4 is 17.3 Å². The van der Waals surface area contributed by atoms with Crippen molar-refractivity contribution in [3.8, 4) is 0 Å². The molecule has 0 aliphatic heterocycles. The molecule has 0 aliphatic rings. The molecule has 0 heterocycles. The average molecular weight is 283 g/mol. The fourth-order valence-corrected chi connectivity index (χ4v) is 2.35. The summed E-state index contributed by atoms with van der Waals surface area (Å²) >= 11 is 0. The first kappa shape index (κ1) is 16.2. The summed E-state index contributed by atoms with van der Waals surface area (Å²) in [5, 5.41) is 9.18. The number of anilines is 2. The molecule has 0 spiro atoms. The number of hydrogen-bond donors (Lipinski definition) is 3. The molecule has 0 bridgehead atoms. The van der Waals surface area contributed by atoms with Crippen LogP contribution in [0.4, 0.5) is 15.8 Å². The summed E-state index contributed by atoms with van der Waals surface area (Å²) in [5.41, 5.74) is 11.2. The van der Waals surface area contributed by atoms with Crippen LogP contribution < -0.4 is 16.4 Å². The van der Waals surface area contributed by atoms with Gasteiger partial charge in [-0.05, 0) is 25.0 Å². The molecule has 1 aromatic rings. The Labute approximate surface area is 118 Å². The molecule has 0 fully saturated rings. The highest BCUT2D eigenvalue weighted by Gasteiger charge is 2.21. The van der Waals surface area contributed by atoms with Crippen LogP contribution in [0.15, 0.2) is 12.1 Å². The van der Waals surface area contributed by atoms with Gasteiger partial charge in [-0.3, -0.25) is 4.79 Å². The quantitative estimate of drug-likeness (QED) is 0.661. The van der Waals surface area contributed by atoms with Gasteiger partial charge in [0, 0.05) is 18.3 Å². The molecule has 0 saturated carbocycles. The average Bonchev–Trinajstić information content (AvgIpc) is 2.39. The zero-order chi connectivity index (χ0) is 15.3. The second-order valence-corrected chi connectivity index (χ2v) is 4.64. The van der Waals surface area contributed by atoms with Crippen molar-refractivity contribution in [2.24, 2.45) is 5.73 Å². The lowest BCUT2D eigenvalue weighted by molar-refractivity contribution is 0.100. The Kier molecular flexibility index (Phi) is 5.76. The third kappa shape index (κ3) is 3.39. The topological polar surface area (TPSA) is 92.6 Å². The van der Waals surface area contributed by atoms with Crippen molar-refractivity contribution < 1.29 is 14.3 Å². The second kappa shape index (κ2) is 7.09. The molecular formula is C14H22FN3O2. The van der Waals surface area contributed by atoms with Crippen LogP contribution in [-0.2, 0) is 0 Å². The van der Waals surface area contributed by atoms with Gasteiger partial charge in [0.2, 0.25) is 0 Å². The molecule has 5 nitrogen and oxygen atoms in total. The molecule has 1 amide bonds. The molecule has 20 heavy (non-hydrogen) atoms. The number of primary amides is 1. The maximum absolute atomic E-state index is 14.1. The monoisotopic (exact) mass is 283 g/mol. The van der Waals surface area contributed by atoms with Crippen LogP contribution in [-0.4, -0.2) is 30.2 Å². The summed E-state index contributed by atoms with van der Waals surface area (Å²) in [6.45, 7) is 4.16. The Bertz CT molecular complexity index is 476. The van der Waals surface area contributed by atoms with E-state index in [2.05, 4.69) is 0 Å². The normalized spacial score (nSPS) is 10.8. The molecule has 1 rings (SSSR count). The van der Waals surface area contributed by atoms with Gasteiger partial charge < -0.3 is 21.5 Å². The first-order valence-corrected chi connectivity index (χ1v) is 6.72. The first-order valence-electron chi connectivity index (χ1n) is 6.72. The molecule has 112 valence electrons. The summed E-state index contributed by atoms with van der Waals surface area (Å²) in [4.78, 5) is 13.1. The number of nitrogens with two attached hydrogens (primary N) is 2. The van der Waals surface area contributed by atoms with E-state index in [0.717, 1.165) is 18.9 Å². The highest BCUT2D eigenvalue weighted by atomic mass is 19.1. The lowest BCUT2D eigenvalue weighted by atomic mass is 10.1. The van der Waals surface area contributed by atoms with Gasteiger partial charge in [-0.2, -0.15) is 0 Å². The third-order valence-corrected chi connectivity index (χ3v) is 3.42. The molecular weight excluding hydrogens is 261 g/mol. The fraction of sp³-hybridized carbons (Fsp3) is 0.500. The largest absolute Gasteiger partial charge is 0.398 e. The number of nitrogens with zero attached hydrogens (tertiary/aromatic N) is 1. The van der Waals surface area contributed by atoms with Gasteiger partial charge in [0.25, 0.3) is 5.91 Å². The van der Waals surface area contributed by atoms with E-state index >= 15 is 0 Å². The van der Waals surface area contributed by atoms with Crippen LogP contribution in [0.2, 0.25) is 0 Å². The van der Waals surface area contributed by atoms with Crippen molar-refractivity contribution in [3.63, 3.8) is 0 Å². The maximum Gasteiger partial charge on any atom is 0.250 e. The Morgan fingerprint density at radius 3 is 2.45 bits per heavy atom. The zero-order valence-corrected chi connectivity index (χ0v) is 11.9. The molecule has 0 atom stereocenters. The lowest BCUT2D eigenvalue weighted by Gasteiger charge is -2.32. The number of carbonyl (C=O) groups is 1.